The predicted octanol–water partition coefficient (Wildman–Crippen LogP) is 4.63. The smallest absolute Gasteiger partial charge is 0.238 e. The first kappa shape index (κ1) is 21.2. The van der Waals surface area contributed by atoms with Crippen molar-refractivity contribution >= 4 is 45.7 Å². The topological polar surface area (TPSA) is 63.7 Å². The Kier molecular flexibility index (Phi) is 6.79. The van der Waals surface area contributed by atoms with E-state index in [4.69, 9.17) is 32.7 Å². The van der Waals surface area contributed by atoms with Crippen molar-refractivity contribution in [1.82, 2.24) is 9.88 Å². The molecule has 0 bridgehead atoms. The van der Waals surface area contributed by atoms with E-state index in [2.05, 4.69) is 10.3 Å². The monoisotopic (exact) mass is 433 g/mol. The van der Waals surface area contributed by atoms with Gasteiger partial charge in [-0.1, -0.05) is 23.2 Å². The minimum Gasteiger partial charge on any atom is -0.497 e. The van der Waals surface area contributed by atoms with Gasteiger partial charge in [0, 0.05) is 28.6 Å². The molecule has 0 atom stereocenters. The Morgan fingerprint density at radius 2 is 1.90 bits per heavy atom. The van der Waals surface area contributed by atoms with E-state index in [1.165, 1.54) is 7.11 Å². The van der Waals surface area contributed by atoms with E-state index in [1.807, 2.05) is 36.2 Å². The number of hydrogen-bond donors (Lipinski definition) is 1. The standard InChI is InChI=1S/C21H21Cl2N3O3/c1-26(12-20(27)24-18-9-15(22)5-7-19(18)29-3)11-14-8-13-4-6-16(28-2)10-17(13)25-21(14)23/h4-10H,11-12H2,1-3H3,(H,24,27). The van der Waals surface area contributed by atoms with E-state index < -0.39 is 0 Å². The van der Waals surface area contributed by atoms with Crippen LogP contribution in [0.3, 0.4) is 0 Å². The molecule has 0 aliphatic heterocycles. The van der Waals surface area contributed by atoms with Crippen LogP contribution in [0.2, 0.25) is 10.2 Å². The predicted molar refractivity (Wildman–Crippen MR) is 116 cm³/mol. The number of hydrogen-bond acceptors (Lipinski definition) is 5. The lowest BCUT2D eigenvalue weighted by atomic mass is 10.1. The van der Waals surface area contributed by atoms with Gasteiger partial charge in [0.05, 0.1) is 32.0 Å². The Morgan fingerprint density at radius 3 is 2.62 bits per heavy atom. The largest absolute Gasteiger partial charge is 0.497 e. The number of anilines is 1. The van der Waals surface area contributed by atoms with E-state index in [0.29, 0.717) is 28.2 Å². The maximum absolute atomic E-state index is 12.4. The molecule has 0 saturated carbocycles. The number of pyridine rings is 1. The van der Waals surface area contributed by atoms with Crippen molar-refractivity contribution in [3.8, 4) is 11.5 Å². The molecule has 29 heavy (non-hydrogen) atoms. The van der Waals surface area contributed by atoms with Gasteiger partial charge in [0.2, 0.25) is 5.91 Å². The van der Waals surface area contributed by atoms with Crippen LogP contribution < -0.4 is 14.8 Å². The summed E-state index contributed by atoms with van der Waals surface area (Å²) in [6.07, 6.45) is 0. The van der Waals surface area contributed by atoms with Crippen LogP contribution in [-0.4, -0.2) is 43.6 Å². The van der Waals surface area contributed by atoms with Gasteiger partial charge in [0.25, 0.3) is 0 Å². The number of aromatic nitrogens is 1. The number of nitrogens with one attached hydrogen (secondary N) is 1. The van der Waals surface area contributed by atoms with Gasteiger partial charge in [-0.25, -0.2) is 4.98 Å². The molecule has 0 spiro atoms. The minimum atomic E-state index is -0.192. The molecule has 2 aromatic carbocycles. The van der Waals surface area contributed by atoms with Crippen LogP contribution in [0.5, 0.6) is 11.5 Å². The first-order valence-electron chi connectivity index (χ1n) is 8.84. The zero-order chi connectivity index (χ0) is 21.0. The Labute approximate surface area is 179 Å². The molecular weight excluding hydrogens is 413 g/mol. The fraction of sp³-hybridized carbons (Fsp3) is 0.238. The Morgan fingerprint density at radius 1 is 1.10 bits per heavy atom. The fourth-order valence-corrected chi connectivity index (χ4v) is 3.34. The zero-order valence-electron chi connectivity index (χ0n) is 16.3. The summed E-state index contributed by atoms with van der Waals surface area (Å²) in [6, 6.07) is 12.7. The molecule has 1 heterocycles. The highest BCUT2D eigenvalue weighted by molar-refractivity contribution is 6.31. The lowest BCUT2D eigenvalue weighted by molar-refractivity contribution is -0.117. The Balaban J connectivity index is 1.68. The number of benzene rings is 2. The minimum absolute atomic E-state index is 0.159. The van der Waals surface area contributed by atoms with E-state index in [0.717, 1.165) is 22.2 Å². The van der Waals surface area contributed by atoms with E-state index in [9.17, 15) is 4.79 Å². The summed E-state index contributed by atoms with van der Waals surface area (Å²) < 4.78 is 10.5. The highest BCUT2D eigenvalue weighted by atomic mass is 35.5. The van der Waals surface area contributed by atoms with Gasteiger partial charge in [-0.2, -0.15) is 0 Å². The molecule has 0 aliphatic rings. The van der Waals surface area contributed by atoms with E-state index in [-0.39, 0.29) is 12.5 Å². The summed E-state index contributed by atoms with van der Waals surface area (Å²) in [5.74, 6) is 1.07. The SMILES string of the molecule is COc1ccc2cc(CN(C)CC(=O)Nc3cc(Cl)ccc3OC)c(Cl)nc2c1. The maximum Gasteiger partial charge on any atom is 0.238 e. The van der Waals surface area contributed by atoms with Crippen molar-refractivity contribution in [2.75, 3.05) is 33.1 Å². The number of likely N-dealkylation sites (N-methyl/N-ethyl adjacent to an activating group) is 1. The average molecular weight is 434 g/mol. The number of ether oxygens (including phenoxy) is 2. The molecule has 1 N–H and O–H groups in total. The molecule has 0 unspecified atom stereocenters. The molecule has 0 radical (unpaired) electrons. The normalized spacial score (nSPS) is 11.0. The van der Waals surface area contributed by atoms with Gasteiger partial charge >= 0.3 is 0 Å². The van der Waals surface area contributed by atoms with Crippen molar-refractivity contribution in [3.05, 3.63) is 58.2 Å². The molecule has 0 saturated heterocycles. The quantitative estimate of drug-likeness (QED) is 0.550. The second-order valence-corrected chi connectivity index (χ2v) is 7.36. The lowest BCUT2D eigenvalue weighted by Crippen LogP contribution is -2.30. The van der Waals surface area contributed by atoms with Gasteiger partial charge in [-0.3, -0.25) is 9.69 Å². The average Bonchev–Trinajstić information content (AvgIpc) is 2.68. The highest BCUT2D eigenvalue weighted by Crippen LogP contribution is 2.28. The second kappa shape index (κ2) is 9.31. The van der Waals surface area contributed by atoms with Gasteiger partial charge in [-0.15, -0.1) is 0 Å². The number of carbonyl (C=O) groups is 1. The van der Waals surface area contributed by atoms with Gasteiger partial charge < -0.3 is 14.8 Å². The van der Waals surface area contributed by atoms with Crippen LogP contribution in [0, 0.1) is 0 Å². The van der Waals surface area contributed by atoms with Crippen LogP contribution in [0.4, 0.5) is 5.69 Å². The Bertz CT molecular complexity index is 1040. The number of carbonyl (C=O) groups excluding carboxylic acids is 1. The van der Waals surface area contributed by atoms with E-state index >= 15 is 0 Å². The van der Waals surface area contributed by atoms with Crippen molar-refractivity contribution in [1.29, 1.82) is 0 Å². The van der Waals surface area contributed by atoms with Crippen molar-refractivity contribution < 1.29 is 14.3 Å². The van der Waals surface area contributed by atoms with Gasteiger partial charge in [0.1, 0.15) is 16.7 Å². The number of halogens is 2. The summed E-state index contributed by atoms with van der Waals surface area (Å²) >= 11 is 12.4. The molecule has 0 fully saturated rings. The van der Waals surface area contributed by atoms with Crippen molar-refractivity contribution in [2.24, 2.45) is 0 Å². The summed E-state index contributed by atoms with van der Waals surface area (Å²) in [6.45, 7) is 0.626. The molecule has 1 amide bonds. The summed E-state index contributed by atoms with van der Waals surface area (Å²) in [5.41, 5.74) is 2.12. The van der Waals surface area contributed by atoms with E-state index in [1.54, 1.807) is 25.3 Å². The first-order valence-corrected chi connectivity index (χ1v) is 9.60. The summed E-state index contributed by atoms with van der Waals surface area (Å²) in [5, 5.41) is 4.69. The molecule has 8 heteroatoms. The third kappa shape index (κ3) is 5.29. The van der Waals surface area contributed by atoms with Crippen molar-refractivity contribution in [2.45, 2.75) is 6.54 Å². The molecule has 0 aliphatic carbocycles. The highest BCUT2D eigenvalue weighted by Gasteiger charge is 2.13. The Hall–Kier alpha value is -2.54. The molecule has 3 rings (SSSR count). The summed E-state index contributed by atoms with van der Waals surface area (Å²) in [4.78, 5) is 18.7. The van der Waals surface area contributed by atoms with Gasteiger partial charge in [0.15, 0.2) is 0 Å². The molecule has 6 nitrogen and oxygen atoms in total. The van der Waals surface area contributed by atoms with Crippen LogP contribution in [-0.2, 0) is 11.3 Å². The number of amides is 1. The van der Waals surface area contributed by atoms with Crippen LogP contribution >= 0.6 is 23.2 Å². The van der Waals surface area contributed by atoms with Crippen LogP contribution in [0.15, 0.2) is 42.5 Å². The molecule has 152 valence electrons. The number of rotatable bonds is 7. The summed E-state index contributed by atoms with van der Waals surface area (Å²) in [7, 11) is 4.98. The second-order valence-electron chi connectivity index (χ2n) is 6.56. The lowest BCUT2D eigenvalue weighted by Gasteiger charge is -2.18. The third-order valence-electron chi connectivity index (χ3n) is 4.34. The zero-order valence-corrected chi connectivity index (χ0v) is 17.8. The van der Waals surface area contributed by atoms with Crippen molar-refractivity contribution in [3.63, 3.8) is 0 Å². The molecular formula is C21H21Cl2N3O3. The number of nitrogens with zero attached hydrogens (tertiary/aromatic N) is 2. The number of methoxy groups -OCH3 is 2. The first-order chi connectivity index (χ1) is 13.9. The fourth-order valence-electron chi connectivity index (χ4n) is 2.96. The molecule has 1 aromatic heterocycles. The van der Waals surface area contributed by atoms with Crippen LogP contribution in [0.1, 0.15) is 5.56 Å². The third-order valence-corrected chi connectivity index (χ3v) is 4.90. The van der Waals surface area contributed by atoms with Crippen LogP contribution in [0.25, 0.3) is 10.9 Å². The van der Waals surface area contributed by atoms with Gasteiger partial charge in [-0.05, 0) is 43.4 Å². The number of fused-ring (bicyclic) bond motifs is 1. The molecule has 3 aromatic rings. The maximum atomic E-state index is 12.4.